The zero-order chi connectivity index (χ0) is 20.7. The lowest BCUT2D eigenvalue weighted by atomic mass is 10.2. The lowest BCUT2D eigenvalue weighted by molar-refractivity contribution is -0.122. The van der Waals surface area contributed by atoms with Crippen molar-refractivity contribution in [3.63, 3.8) is 0 Å². The highest BCUT2D eigenvalue weighted by atomic mass is 35.5. The van der Waals surface area contributed by atoms with Gasteiger partial charge in [-0.25, -0.2) is 9.67 Å². The first kappa shape index (κ1) is 19.6. The van der Waals surface area contributed by atoms with Gasteiger partial charge in [-0.15, -0.1) is 0 Å². The van der Waals surface area contributed by atoms with Crippen LogP contribution in [0.25, 0.3) is 16.7 Å². The minimum atomic E-state index is -0.228. The number of halogens is 1. The topological polar surface area (TPSA) is 91.0 Å². The molecule has 1 aromatic carbocycles. The monoisotopic (exact) mass is 445 g/mol. The maximum absolute atomic E-state index is 13.2. The molecule has 30 heavy (non-hydrogen) atoms. The summed E-state index contributed by atoms with van der Waals surface area (Å²) in [5, 5.41) is 8.89. The van der Waals surface area contributed by atoms with Crippen molar-refractivity contribution in [1.29, 1.82) is 0 Å². The summed E-state index contributed by atoms with van der Waals surface area (Å²) in [5.74, 6) is 0.554. The molecule has 156 valence electrons. The van der Waals surface area contributed by atoms with Gasteiger partial charge in [-0.1, -0.05) is 29.4 Å². The lowest BCUT2D eigenvalue weighted by Gasteiger charge is -2.15. The first-order valence-corrected chi connectivity index (χ1v) is 11.2. The van der Waals surface area contributed by atoms with E-state index in [1.54, 1.807) is 21.4 Å². The van der Waals surface area contributed by atoms with Crippen molar-refractivity contribution in [2.75, 3.05) is 18.9 Å². The van der Waals surface area contributed by atoms with E-state index in [1.807, 2.05) is 12.1 Å². The van der Waals surface area contributed by atoms with Gasteiger partial charge in [-0.3, -0.25) is 14.2 Å². The van der Waals surface area contributed by atoms with Crippen molar-refractivity contribution in [2.24, 2.45) is 0 Å². The molecule has 0 spiro atoms. The van der Waals surface area contributed by atoms with E-state index in [-0.39, 0.29) is 30.0 Å². The molecule has 0 bridgehead atoms. The van der Waals surface area contributed by atoms with Gasteiger partial charge in [-0.2, -0.15) is 5.10 Å². The maximum atomic E-state index is 13.2. The summed E-state index contributed by atoms with van der Waals surface area (Å²) in [6.07, 6.45) is 3.87. The van der Waals surface area contributed by atoms with Gasteiger partial charge < -0.3 is 10.1 Å². The number of aromatic nitrogens is 4. The van der Waals surface area contributed by atoms with Gasteiger partial charge in [0.2, 0.25) is 5.91 Å². The quantitative estimate of drug-likeness (QED) is 0.607. The fourth-order valence-corrected chi connectivity index (χ4v) is 5.21. The Balaban J connectivity index is 1.40. The van der Waals surface area contributed by atoms with Crippen molar-refractivity contribution in [1.82, 2.24) is 24.6 Å². The number of hydrogen-bond acceptors (Lipinski definition) is 6. The van der Waals surface area contributed by atoms with E-state index in [1.165, 1.54) is 18.0 Å². The molecule has 2 atom stereocenters. The minimum Gasteiger partial charge on any atom is -0.376 e. The number of benzene rings is 1. The van der Waals surface area contributed by atoms with Crippen molar-refractivity contribution in [2.45, 2.75) is 36.6 Å². The molecule has 10 heteroatoms. The zero-order valence-electron chi connectivity index (χ0n) is 16.1. The Kier molecular flexibility index (Phi) is 5.26. The van der Waals surface area contributed by atoms with Gasteiger partial charge in [0, 0.05) is 30.3 Å². The third kappa shape index (κ3) is 3.61. The van der Waals surface area contributed by atoms with E-state index in [0.717, 1.165) is 25.1 Å². The third-order valence-electron chi connectivity index (χ3n) is 5.40. The van der Waals surface area contributed by atoms with Crippen LogP contribution in [0.1, 0.15) is 25.3 Å². The second kappa shape index (κ2) is 8.05. The van der Waals surface area contributed by atoms with E-state index in [4.69, 9.17) is 16.3 Å². The van der Waals surface area contributed by atoms with E-state index < -0.39 is 0 Å². The number of fused-ring (bicyclic) bond motifs is 2. The Bertz CT molecular complexity index is 1170. The Labute approximate surface area is 181 Å². The summed E-state index contributed by atoms with van der Waals surface area (Å²) >= 11 is 7.58. The summed E-state index contributed by atoms with van der Waals surface area (Å²) in [6, 6.07) is 7.01. The molecule has 1 amide bonds. The van der Waals surface area contributed by atoms with Crippen LogP contribution < -0.4 is 10.9 Å². The van der Waals surface area contributed by atoms with Crippen molar-refractivity contribution in [3.8, 4) is 5.69 Å². The standard InChI is InChI=1S/C20H20ClN5O3S/c21-12-3-1-4-13(7-12)26-18-16(10-23-26)19(28)25-14(11-30-20(25)24-18)8-17(27)22-9-15-5-2-6-29-15/h1,3-4,7,10,14-15H,2,5-6,8-9,11H2,(H,22,27)/t14-,15+/m1/s1. The van der Waals surface area contributed by atoms with Crippen molar-refractivity contribution >= 4 is 40.3 Å². The molecule has 2 aliphatic heterocycles. The molecule has 1 saturated heterocycles. The molecule has 2 aromatic heterocycles. The Morgan fingerprint density at radius 1 is 1.40 bits per heavy atom. The van der Waals surface area contributed by atoms with Crippen molar-refractivity contribution in [3.05, 3.63) is 45.8 Å². The average Bonchev–Trinajstić information content (AvgIpc) is 3.47. The molecular weight excluding hydrogens is 426 g/mol. The molecule has 8 nitrogen and oxygen atoms in total. The predicted molar refractivity (Wildman–Crippen MR) is 114 cm³/mol. The number of nitrogens with zero attached hydrogens (tertiary/aromatic N) is 4. The highest BCUT2D eigenvalue weighted by Crippen LogP contribution is 2.33. The lowest BCUT2D eigenvalue weighted by Crippen LogP contribution is -2.34. The summed E-state index contributed by atoms with van der Waals surface area (Å²) < 4.78 is 8.79. The second-order valence-corrected chi connectivity index (χ2v) is 8.87. The first-order valence-electron chi connectivity index (χ1n) is 9.87. The number of hydrogen-bond donors (Lipinski definition) is 1. The molecule has 0 radical (unpaired) electrons. The number of thioether (sulfide) groups is 1. The number of carbonyl (C=O) groups is 1. The summed E-state index contributed by atoms with van der Waals surface area (Å²) in [5.41, 5.74) is 1.05. The SMILES string of the molecule is O=C(C[C@@H]1CSc2nc3c(cnn3-c3cccc(Cl)c3)c(=O)n21)NC[C@@H]1CCCO1. The summed E-state index contributed by atoms with van der Waals surface area (Å²) in [4.78, 5) is 30.3. The van der Waals surface area contributed by atoms with Gasteiger partial charge >= 0.3 is 0 Å². The molecule has 1 fully saturated rings. The zero-order valence-corrected chi connectivity index (χ0v) is 17.7. The van der Waals surface area contributed by atoms with Crippen LogP contribution in [-0.2, 0) is 9.53 Å². The highest BCUT2D eigenvalue weighted by Gasteiger charge is 2.30. The van der Waals surface area contributed by atoms with E-state index in [2.05, 4.69) is 15.4 Å². The number of rotatable bonds is 5. The number of amides is 1. The summed E-state index contributed by atoms with van der Waals surface area (Å²) in [7, 11) is 0. The molecule has 0 aliphatic carbocycles. The Morgan fingerprint density at radius 2 is 2.30 bits per heavy atom. The van der Waals surface area contributed by atoms with Crippen LogP contribution in [-0.4, -0.2) is 50.2 Å². The van der Waals surface area contributed by atoms with E-state index in [0.29, 0.717) is 33.5 Å². The van der Waals surface area contributed by atoms with Crippen LogP contribution in [0, 0.1) is 0 Å². The fraction of sp³-hybridized carbons (Fsp3) is 0.400. The van der Waals surface area contributed by atoms with Gasteiger partial charge in [0.15, 0.2) is 10.8 Å². The maximum Gasteiger partial charge on any atom is 0.265 e. The summed E-state index contributed by atoms with van der Waals surface area (Å²) in [6.45, 7) is 1.28. The van der Waals surface area contributed by atoms with Crippen LogP contribution in [0.5, 0.6) is 0 Å². The van der Waals surface area contributed by atoms with Crippen LogP contribution >= 0.6 is 23.4 Å². The van der Waals surface area contributed by atoms with Crippen LogP contribution in [0.15, 0.2) is 40.4 Å². The number of ether oxygens (including phenoxy) is 1. The molecule has 0 unspecified atom stereocenters. The van der Waals surface area contributed by atoms with Gasteiger partial charge in [0.05, 0.1) is 24.0 Å². The number of carbonyl (C=O) groups excluding carboxylic acids is 1. The van der Waals surface area contributed by atoms with E-state index >= 15 is 0 Å². The van der Waals surface area contributed by atoms with Crippen LogP contribution in [0.4, 0.5) is 0 Å². The smallest absolute Gasteiger partial charge is 0.265 e. The molecule has 1 N–H and O–H groups in total. The largest absolute Gasteiger partial charge is 0.376 e. The first-order chi connectivity index (χ1) is 14.6. The number of nitrogens with one attached hydrogen (secondary N) is 1. The molecule has 0 saturated carbocycles. The second-order valence-electron chi connectivity index (χ2n) is 7.45. The minimum absolute atomic E-state index is 0.0782. The van der Waals surface area contributed by atoms with E-state index in [9.17, 15) is 9.59 Å². The van der Waals surface area contributed by atoms with Gasteiger partial charge in [0.25, 0.3) is 5.56 Å². The van der Waals surface area contributed by atoms with Crippen LogP contribution in [0.3, 0.4) is 0 Å². The predicted octanol–water partition coefficient (Wildman–Crippen LogP) is 2.57. The molecule has 2 aliphatic rings. The Hall–Kier alpha value is -2.36. The molecule has 3 aromatic rings. The average molecular weight is 446 g/mol. The molecular formula is C20H20ClN5O3S. The van der Waals surface area contributed by atoms with Gasteiger partial charge in [-0.05, 0) is 31.0 Å². The van der Waals surface area contributed by atoms with Crippen molar-refractivity contribution < 1.29 is 9.53 Å². The van der Waals surface area contributed by atoms with Gasteiger partial charge in [0.1, 0.15) is 5.39 Å². The van der Waals surface area contributed by atoms with Crippen LogP contribution in [0.2, 0.25) is 5.02 Å². The third-order valence-corrected chi connectivity index (χ3v) is 6.73. The Morgan fingerprint density at radius 3 is 3.10 bits per heavy atom. The molecule has 5 rings (SSSR count). The normalized spacial score (nSPS) is 20.6. The highest BCUT2D eigenvalue weighted by molar-refractivity contribution is 7.99. The molecule has 4 heterocycles. The fourth-order valence-electron chi connectivity index (χ4n) is 3.90.